The largest absolute Gasteiger partial charge is 0.463 e. The number of carbonyl (C=O) groups excluding carboxylic acids is 1. The van der Waals surface area contributed by atoms with Crippen molar-refractivity contribution in [2.75, 3.05) is 12.2 Å². The number of Topliss-reactive ketones (excluding diaryl/α,β-unsaturated/α-hetero) is 1. The third kappa shape index (κ3) is 3.91. The highest BCUT2D eigenvalue weighted by molar-refractivity contribution is 9.10. The average molecular weight is 340 g/mol. The molecule has 1 aromatic rings. The van der Waals surface area contributed by atoms with Gasteiger partial charge in [0.2, 0.25) is 6.86 Å². The molecule has 0 spiro atoms. The van der Waals surface area contributed by atoms with Gasteiger partial charge in [-0.3, -0.25) is 4.79 Å². The van der Waals surface area contributed by atoms with E-state index in [1.165, 1.54) is 0 Å². The zero-order valence-electron chi connectivity index (χ0n) is 7.80. The molecule has 15 heavy (non-hydrogen) atoms. The molecule has 0 bridgehead atoms. The standard InChI is InChI=1S/C10H9Br2FO2/c11-5-9(14)4-7-3-8(12)1-2-10(7)15-6-13/h1-3H,4-6H2. The molecule has 0 radical (unpaired) electrons. The van der Waals surface area contributed by atoms with Gasteiger partial charge >= 0.3 is 0 Å². The van der Waals surface area contributed by atoms with Crippen molar-refractivity contribution in [1.82, 2.24) is 0 Å². The molecule has 0 heterocycles. The van der Waals surface area contributed by atoms with Crippen LogP contribution < -0.4 is 4.74 Å². The number of benzene rings is 1. The second-order valence-corrected chi connectivity index (χ2v) is 4.33. The van der Waals surface area contributed by atoms with Crippen molar-refractivity contribution in [3.05, 3.63) is 28.2 Å². The van der Waals surface area contributed by atoms with Gasteiger partial charge in [-0.1, -0.05) is 31.9 Å². The van der Waals surface area contributed by atoms with Gasteiger partial charge in [0.05, 0.1) is 5.33 Å². The van der Waals surface area contributed by atoms with E-state index >= 15 is 0 Å². The first-order valence-corrected chi connectivity index (χ1v) is 6.13. The Morgan fingerprint density at radius 2 is 2.20 bits per heavy atom. The molecule has 0 aromatic heterocycles. The molecule has 0 N–H and O–H groups in total. The number of alkyl halides is 2. The lowest BCUT2D eigenvalue weighted by atomic mass is 10.1. The molecule has 0 aliphatic rings. The fraction of sp³-hybridized carbons (Fsp3) is 0.300. The maximum Gasteiger partial charge on any atom is 0.228 e. The van der Waals surface area contributed by atoms with Gasteiger partial charge in [0.1, 0.15) is 11.5 Å². The van der Waals surface area contributed by atoms with Crippen molar-refractivity contribution in [1.29, 1.82) is 0 Å². The minimum Gasteiger partial charge on any atom is -0.463 e. The Bertz CT molecular complexity index is 355. The fourth-order valence-electron chi connectivity index (χ4n) is 1.15. The summed E-state index contributed by atoms with van der Waals surface area (Å²) in [5, 5.41) is 0.286. The number of rotatable bonds is 5. The minimum absolute atomic E-state index is 0.0248. The summed E-state index contributed by atoms with van der Waals surface area (Å²) in [5.41, 5.74) is 0.687. The molecule has 5 heteroatoms. The Labute approximate surface area is 104 Å². The zero-order valence-corrected chi connectivity index (χ0v) is 11.0. The Hall–Kier alpha value is -0.420. The van der Waals surface area contributed by atoms with Gasteiger partial charge in [0.15, 0.2) is 0 Å². The van der Waals surface area contributed by atoms with E-state index in [4.69, 9.17) is 4.74 Å². The summed E-state index contributed by atoms with van der Waals surface area (Å²) in [6.45, 7) is -0.892. The summed E-state index contributed by atoms with van der Waals surface area (Å²) in [6.07, 6.45) is 0.236. The third-order valence-corrected chi connectivity index (χ3v) is 2.89. The fourth-order valence-corrected chi connectivity index (χ4v) is 1.75. The van der Waals surface area contributed by atoms with E-state index in [1.807, 2.05) is 0 Å². The van der Waals surface area contributed by atoms with Crippen LogP contribution in [-0.4, -0.2) is 18.0 Å². The molecule has 82 valence electrons. The first-order chi connectivity index (χ1) is 7.17. The Kier molecular flexibility index (Phi) is 5.25. The lowest BCUT2D eigenvalue weighted by molar-refractivity contribution is -0.115. The molecule has 2 nitrogen and oxygen atoms in total. The van der Waals surface area contributed by atoms with Gasteiger partial charge in [-0.2, -0.15) is 0 Å². The molecule has 1 rings (SSSR count). The van der Waals surface area contributed by atoms with Crippen molar-refractivity contribution in [2.24, 2.45) is 0 Å². The topological polar surface area (TPSA) is 26.3 Å². The Morgan fingerprint density at radius 1 is 1.47 bits per heavy atom. The summed E-state index contributed by atoms with van der Waals surface area (Å²) in [5.74, 6) is 0.437. The highest BCUT2D eigenvalue weighted by Crippen LogP contribution is 2.24. The van der Waals surface area contributed by atoms with Crippen LogP contribution in [0.4, 0.5) is 4.39 Å². The van der Waals surface area contributed by atoms with Crippen LogP contribution in [0.5, 0.6) is 5.75 Å². The molecular formula is C10H9Br2FO2. The summed E-state index contributed by atoms with van der Waals surface area (Å²) in [7, 11) is 0. The van der Waals surface area contributed by atoms with E-state index in [0.29, 0.717) is 11.3 Å². The van der Waals surface area contributed by atoms with Gasteiger partial charge in [-0.05, 0) is 18.2 Å². The second kappa shape index (κ2) is 6.23. The monoisotopic (exact) mass is 338 g/mol. The number of ketones is 1. The lowest BCUT2D eigenvalue weighted by Gasteiger charge is -2.08. The van der Waals surface area contributed by atoms with E-state index < -0.39 is 6.86 Å². The van der Waals surface area contributed by atoms with Crippen LogP contribution in [0.3, 0.4) is 0 Å². The van der Waals surface area contributed by atoms with Crippen molar-refractivity contribution in [3.63, 3.8) is 0 Å². The molecule has 0 fully saturated rings. The van der Waals surface area contributed by atoms with Crippen LogP contribution in [0.25, 0.3) is 0 Å². The predicted molar refractivity (Wildman–Crippen MR) is 63.3 cm³/mol. The molecule has 0 atom stereocenters. The Balaban J connectivity index is 2.91. The Morgan fingerprint density at radius 3 is 2.80 bits per heavy atom. The van der Waals surface area contributed by atoms with Gasteiger partial charge in [0.25, 0.3) is 0 Å². The molecule has 0 unspecified atom stereocenters. The highest BCUT2D eigenvalue weighted by Gasteiger charge is 2.08. The van der Waals surface area contributed by atoms with E-state index in [0.717, 1.165) is 4.47 Å². The van der Waals surface area contributed by atoms with Crippen LogP contribution in [0.15, 0.2) is 22.7 Å². The first-order valence-electron chi connectivity index (χ1n) is 4.22. The predicted octanol–water partition coefficient (Wildman–Crippen LogP) is 3.26. The molecule has 0 amide bonds. The van der Waals surface area contributed by atoms with Gasteiger partial charge in [-0.25, -0.2) is 4.39 Å². The van der Waals surface area contributed by atoms with Crippen LogP contribution >= 0.6 is 31.9 Å². The molecular weight excluding hydrogens is 331 g/mol. The zero-order chi connectivity index (χ0) is 11.3. The number of hydrogen-bond donors (Lipinski definition) is 0. The van der Waals surface area contributed by atoms with Crippen LogP contribution in [0, 0.1) is 0 Å². The minimum atomic E-state index is -0.892. The van der Waals surface area contributed by atoms with Crippen LogP contribution in [0.2, 0.25) is 0 Å². The number of hydrogen-bond acceptors (Lipinski definition) is 2. The van der Waals surface area contributed by atoms with Gasteiger partial charge < -0.3 is 4.74 Å². The van der Waals surface area contributed by atoms with Gasteiger partial charge in [-0.15, -0.1) is 0 Å². The summed E-state index contributed by atoms with van der Waals surface area (Å²) in [6, 6.07) is 5.14. The molecule has 0 saturated carbocycles. The van der Waals surface area contributed by atoms with E-state index in [1.54, 1.807) is 18.2 Å². The number of ether oxygens (including phenoxy) is 1. The normalized spacial score (nSPS) is 10.1. The summed E-state index contributed by atoms with van der Waals surface area (Å²) < 4.78 is 17.7. The summed E-state index contributed by atoms with van der Waals surface area (Å²) in [4.78, 5) is 11.2. The van der Waals surface area contributed by atoms with E-state index in [9.17, 15) is 9.18 Å². The van der Waals surface area contributed by atoms with Crippen molar-refractivity contribution in [3.8, 4) is 5.75 Å². The first kappa shape index (κ1) is 12.6. The average Bonchev–Trinajstić information content (AvgIpc) is 2.22. The van der Waals surface area contributed by atoms with Crippen molar-refractivity contribution < 1.29 is 13.9 Å². The molecule has 1 aromatic carbocycles. The smallest absolute Gasteiger partial charge is 0.228 e. The number of carbonyl (C=O) groups is 1. The molecule has 0 aliphatic heterocycles. The molecule has 0 saturated heterocycles. The van der Waals surface area contributed by atoms with Gasteiger partial charge in [0, 0.05) is 16.5 Å². The number of halogens is 3. The van der Waals surface area contributed by atoms with E-state index in [2.05, 4.69) is 31.9 Å². The summed E-state index contributed by atoms with van der Waals surface area (Å²) >= 11 is 6.37. The second-order valence-electron chi connectivity index (χ2n) is 2.85. The maximum atomic E-state index is 12.1. The quantitative estimate of drug-likeness (QED) is 0.770. The van der Waals surface area contributed by atoms with Crippen molar-refractivity contribution in [2.45, 2.75) is 6.42 Å². The molecule has 0 aliphatic carbocycles. The SMILES string of the molecule is O=C(CBr)Cc1cc(Br)ccc1OCF. The van der Waals surface area contributed by atoms with Crippen molar-refractivity contribution >= 4 is 37.6 Å². The third-order valence-electron chi connectivity index (χ3n) is 1.77. The lowest BCUT2D eigenvalue weighted by Crippen LogP contribution is -2.05. The maximum absolute atomic E-state index is 12.1. The van der Waals surface area contributed by atoms with Crippen LogP contribution in [0.1, 0.15) is 5.56 Å². The van der Waals surface area contributed by atoms with Crippen LogP contribution in [-0.2, 0) is 11.2 Å². The van der Waals surface area contributed by atoms with E-state index in [-0.39, 0.29) is 17.5 Å². The highest BCUT2D eigenvalue weighted by atomic mass is 79.9.